The molecule has 4 aliphatic carbocycles. The van der Waals surface area contributed by atoms with E-state index in [1.807, 2.05) is 0 Å². The van der Waals surface area contributed by atoms with Crippen molar-refractivity contribution >= 4 is 23.9 Å². The average Bonchev–Trinajstić information content (AvgIpc) is 3.34. The lowest BCUT2D eigenvalue weighted by Crippen LogP contribution is -2.51. The third-order valence-electron chi connectivity index (χ3n) is 9.99. The molecule has 0 spiro atoms. The summed E-state index contributed by atoms with van der Waals surface area (Å²) < 4.78 is 0. The van der Waals surface area contributed by atoms with Crippen LogP contribution < -0.4 is 5.32 Å². The van der Waals surface area contributed by atoms with Crippen LogP contribution in [-0.2, 0) is 9.63 Å². The van der Waals surface area contributed by atoms with Crippen molar-refractivity contribution < 1.29 is 9.63 Å². The number of nitrogens with zero attached hydrogens (tertiary/aromatic N) is 2. The van der Waals surface area contributed by atoms with Crippen molar-refractivity contribution in [3.05, 3.63) is 4.91 Å². The standard InChI is InChI=1S/C24H37N3O3.ClH/c1-23-10-7-16(27-30-17-9-12-25-14-17)13-15(23)3-5-20(26-29)22-18-4-6-21(28)24(18,2)11-8-19(22)23;/h15,17-20,22,25H,3-14H2,1-2H3;1H/b27-16-;/t15?,17-,18+,19+,20?,22+,23+,24+;/m1./s1. The molecule has 7 heteroatoms. The second-order valence-corrected chi connectivity index (χ2v) is 11.2. The molecule has 1 saturated heterocycles. The summed E-state index contributed by atoms with van der Waals surface area (Å²) >= 11 is 0. The Morgan fingerprint density at radius 3 is 2.61 bits per heavy atom. The van der Waals surface area contributed by atoms with E-state index >= 15 is 0 Å². The third-order valence-corrected chi connectivity index (χ3v) is 9.99. The molecule has 2 unspecified atom stereocenters. The predicted molar refractivity (Wildman–Crippen MR) is 123 cm³/mol. The maximum absolute atomic E-state index is 12.7. The number of ketones is 1. The number of Topliss-reactive ketones (excluding diaryl/α,β-unsaturated/α-hetero) is 1. The molecule has 5 fully saturated rings. The topological polar surface area (TPSA) is 80.1 Å². The van der Waals surface area contributed by atoms with Gasteiger partial charge in [-0.05, 0) is 87.0 Å². The van der Waals surface area contributed by atoms with Gasteiger partial charge < -0.3 is 10.2 Å². The fourth-order valence-corrected chi connectivity index (χ4v) is 8.07. The summed E-state index contributed by atoms with van der Waals surface area (Å²) in [7, 11) is 0. The molecule has 0 radical (unpaired) electrons. The Morgan fingerprint density at radius 2 is 1.87 bits per heavy atom. The Kier molecular flexibility index (Phi) is 6.53. The molecule has 8 atom stereocenters. The van der Waals surface area contributed by atoms with Crippen LogP contribution in [0.25, 0.3) is 0 Å². The molecule has 1 aliphatic heterocycles. The van der Waals surface area contributed by atoms with Gasteiger partial charge in [-0.3, -0.25) is 4.79 Å². The predicted octanol–water partition coefficient (Wildman–Crippen LogP) is 4.89. The van der Waals surface area contributed by atoms with Gasteiger partial charge in [0.25, 0.3) is 0 Å². The molecule has 4 saturated carbocycles. The van der Waals surface area contributed by atoms with E-state index in [1.165, 1.54) is 5.71 Å². The number of rotatable bonds is 3. The summed E-state index contributed by atoms with van der Waals surface area (Å²) in [6.07, 6.45) is 9.98. The molecule has 0 amide bonds. The number of carbonyl (C=O) groups excluding carboxylic acids is 1. The van der Waals surface area contributed by atoms with Crippen LogP contribution in [0.5, 0.6) is 0 Å². The molecule has 0 bridgehead atoms. The smallest absolute Gasteiger partial charge is 0.141 e. The van der Waals surface area contributed by atoms with Crippen LogP contribution in [0.3, 0.4) is 0 Å². The number of nitrogens with one attached hydrogen (secondary N) is 1. The highest BCUT2D eigenvalue weighted by Gasteiger charge is 2.61. The molecule has 0 aromatic heterocycles. The van der Waals surface area contributed by atoms with E-state index in [4.69, 9.17) is 4.84 Å². The number of carbonyl (C=O) groups is 1. The largest absolute Gasteiger partial charge is 0.391 e. The highest BCUT2D eigenvalue weighted by molar-refractivity contribution is 5.87. The first-order valence-electron chi connectivity index (χ1n) is 12.2. The molecular weight excluding hydrogens is 414 g/mol. The van der Waals surface area contributed by atoms with Crippen molar-refractivity contribution in [3.63, 3.8) is 0 Å². The SMILES string of the molecule is C[C@]12CC/C(=N/O[C@@H]3CCNC3)CC1CCC(N=O)[C@@H]1[C@@H]2CC[C@]2(C)C(=O)CC[C@@H]12.Cl. The Hall–Kier alpha value is -1.01. The number of hydrogen-bond acceptors (Lipinski definition) is 6. The van der Waals surface area contributed by atoms with E-state index in [9.17, 15) is 9.70 Å². The van der Waals surface area contributed by atoms with Crippen LogP contribution in [-0.4, -0.2) is 36.7 Å². The second-order valence-electron chi connectivity index (χ2n) is 11.2. The molecule has 5 aliphatic rings. The van der Waals surface area contributed by atoms with Crippen LogP contribution in [0.15, 0.2) is 10.3 Å². The first-order chi connectivity index (χ1) is 14.5. The van der Waals surface area contributed by atoms with Gasteiger partial charge >= 0.3 is 0 Å². The van der Waals surface area contributed by atoms with Gasteiger partial charge in [-0.1, -0.05) is 24.2 Å². The zero-order valence-corrected chi connectivity index (χ0v) is 19.8. The summed E-state index contributed by atoms with van der Waals surface area (Å²) in [5.41, 5.74) is 1.20. The Labute approximate surface area is 192 Å². The van der Waals surface area contributed by atoms with Gasteiger partial charge in [0.2, 0.25) is 0 Å². The quantitative estimate of drug-likeness (QED) is 0.489. The van der Waals surface area contributed by atoms with Crippen LogP contribution in [0.4, 0.5) is 0 Å². The maximum atomic E-state index is 12.7. The van der Waals surface area contributed by atoms with Crippen LogP contribution in [0.2, 0.25) is 0 Å². The first-order valence-corrected chi connectivity index (χ1v) is 12.2. The van der Waals surface area contributed by atoms with E-state index in [0.717, 1.165) is 70.9 Å². The molecule has 0 aromatic rings. The fraction of sp³-hybridized carbons (Fsp3) is 0.917. The van der Waals surface area contributed by atoms with E-state index in [-0.39, 0.29) is 41.3 Å². The summed E-state index contributed by atoms with van der Waals surface area (Å²) in [5.74, 6) is 2.09. The van der Waals surface area contributed by atoms with Crippen LogP contribution in [0, 0.1) is 39.4 Å². The highest BCUT2D eigenvalue weighted by atomic mass is 35.5. The Bertz CT molecular complexity index is 740. The molecule has 5 rings (SSSR count). The van der Waals surface area contributed by atoms with Crippen LogP contribution in [0.1, 0.15) is 78.1 Å². The van der Waals surface area contributed by atoms with Crippen molar-refractivity contribution in [2.45, 2.75) is 90.2 Å². The lowest BCUT2D eigenvalue weighted by atomic mass is 9.49. The number of oxime groups is 1. The monoisotopic (exact) mass is 451 g/mol. The fourth-order valence-electron chi connectivity index (χ4n) is 8.07. The second kappa shape index (κ2) is 8.74. The van der Waals surface area contributed by atoms with Crippen molar-refractivity contribution in [1.29, 1.82) is 0 Å². The lowest BCUT2D eigenvalue weighted by Gasteiger charge is -2.54. The molecular formula is C24H38ClN3O3. The molecule has 1 N–H and O–H groups in total. The molecule has 1 heterocycles. The molecule has 0 aromatic carbocycles. The minimum Gasteiger partial charge on any atom is -0.391 e. The van der Waals surface area contributed by atoms with Crippen molar-refractivity contribution in [3.8, 4) is 0 Å². The van der Waals surface area contributed by atoms with E-state index < -0.39 is 0 Å². The van der Waals surface area contributed by atoms with E-state index in [1.54, 1.807) is 0 Å². The number of nitroso groups, excluding NO2 is 1. The molecule has 174 valence electrons. The van der Waals surface area contributed by atoms with Crippen LogP contribution >= 0.6 is 12.4 Å². The number of fused-ring (bicyclic) bond motifs is 5. The maximum Gasteiger partial charge on any atom is 0.141 e. The zero-order chi connectivity index (χ0) is 20.9. The zero-order valence-electron chi connectivity index (χ0n) is 19.0. The number of halogens is 1. The minimum absolute atomic E-state index is 0. The van der Waals surface area contributed by atoms with Gasteiger partial charge in [0.05, 0.1) is 11.8 Å². The van der Waals surface area contributed by atoms with E-state index in [0.29, 0.717) is 30.0 Å². The van der Waals surface area contributed by atoms with Crippen molar-refractivity contribution in [2.24, 2.45) is 44.8 Å². The molecule has 31 heavy (non-hydrogen) atoms. The third kappa shape index (κ3) is 3.76. The van der Waals surface area contributed by atoms with Gasteiger partial charge in [-0.25, -0.2) is 0 Å². The van der Waals surface area contributed by atoms with E-state index in [2.05, 4.69) is 29.5 Å². The first kappa shape index (κ1) is 23.2. The van der Waals surface area contributed by atoms with Crippen molar-refractivity contribution in [2.75, 3.05) is 13.1 Å². The lowest BCUT2D eigenvalue weighted by molar-refractivity contribution is -0.132. The van der Waals surface area contributed by atoms with Gasteiger partial charge in [0.1, 0.15) is 11.9 Å². The van der Waals surface area contributed by atoms with Gasteiger partial charge in [-0.15, -0.1) is 12.4 Å². The summed E-state index contributed by atoms with van der Waals surface area (Å²) in [4.78, 5) is 30.5. The van der Waals surface area contributed by atoms with Gasteiger partial charge in [0, 0.05) is 24.8 Å². The number of hydrogen-bond donors (Lipinski definition) is 1. The summed E-state index contributed by atoms with van der Waals surface area (Å²) in [6, 6.07) is -0.130. The Balaban J connectivity index is 0.00000231. The van der Waals surface area contributed by atoms with Crippen molar-refractivity contribution in [1.82, 2.24) is 5.32 Å². The minimum atomic E-state index is -0.218. The Morgan fingerprint density at radius 1 is 1.03 bits per heavy atom. The summed E-state index contributed by atoms with van der Waals surface area (Å²) in [5, 5.41) is 11.6. The summed E-state index contributed by atoms with van der Waals surface area (Å²) in [6.45, 7) is 6.56. The normalized spacial score (nSPS) is 48.2. The highest BCUT2D eigenvalue weighted by Crippen LogP contribution is 2.64. The van der Waals surface area contributed by atoms with Gasteiger partial charge in [-0.2, -0.15) is 4.91 Å². The average molecular weight is 452 g/mol. The van der Waals surface area contributed by atoms with Gasteiger partial charge in [0.15, 0.2) is 0 Å². The molecule has 6 nitrogen and oxygen atoms in total.